The van der Waals surface area contributed by atoms with Crippen LogP contribution < -0.4 is 0 Å². The third-order valence-electron chi connectivity index (χ3n) is 4.23. The smallest absolute Gasteiger partial charge is 0.155 e. The summed E-state index contributed by atoms with van der Waals surface area (Å²) in [5.74, 6) is 3.83. The Bertz CT molecular complexity index is 438. The van der Waals surface area contributed by atoms with E-state index in [0.717, 1.165) is 29.1 Å². The van der Waals surface area contributed by atoms with Gasteiger partial charge in [-0.15, -0.1) is 10.6 Å². The molecule has 0 fully saturated rings. The fraction of sp³-hybridized carbons (Fsp3) is 1.00. The van der Waals surface area contributed by atoms with Crippen molar-refractivity contribution >= 4 is 147 Å². The molecule has 0 aliphatic carbocycles. The summed E-state index contributed by atoms with van der Waals surface area (Å²) in [6.45, 7) is 23.4. The Balaban J connectivity index is 4.81. The fourth-order valence-corrected chi connectivity index (χ4v) is 18.7. The second-order valence-electron chi connectivity index (χ2n) is 9.75. The molecule has 0 nitrogen and oxygen atoms in total. The van der Waals surface area contributed by atoms with Crippen molar-refractivity contribution in [2.75, 3.05) is 0 Å². The van der Waals surface area contributed by atoms with E-state index >= 15 is 0 Å². The molecular formula is C15H40B8S9. The van der Waals surface area contributed by atoms with E-state index in [1.165, 1.54) is 35.4 Å². The van der Waals surface area contributed by atoms with Gasteiger partial charge in [-0.05, 0) is 29.5 Å². The molecule has 0 saturated carbocycles. The van der Waals surface area contributed by atoms with Crippen molar-refractivity contribution in [1.82, 2.24) is 0 Å². The molecule has 0 atom stereocenters. The van der Waals surface area contributed by atoms with Crippen LogP contribution in [0.2, 0.25) is 11.6 Å². The van der Waals surface area contributed by atoms with Gasteiger partial charge in [-0.25, -0.2) is 0 Å². The van der Waals surface area contributed by atoms with E-state index in [2.05, 4.69) is 101 Å². The Labute approximate surface area is 240 Å². The van der Waals surface area contributed by atoms with E-state index in [-0.39, 0.29) is 0 Å². The summed E-state index contributed by atoms with van der Waals surface area (Å²) in [4.78, 5) is 0. The summed E-state index contributed by atoms with van der Waals surface area (Å²) in [5.41, 5.74) is 0. The highest BCUT2D eigenvalue weighted by atomic mass is 33.5. The van der Waals surface area contributed by atoms with Crippen molar-refractivity contribution in [3.05, 3.63) is 0 Å². The minimum absolute atomic E-state index is 0.698. The lowest BCUT2D eigenvalue weighted by Crippen LogP contribution is -2.44. The van der Waals surface area contributed by atoms with Crippen LogP contribution in [0.15, 0.2) is 0 Å². The molecule has 0 spiro atoms. The SMILES string of the molecule is CC(C)BB(BB(BBBB(SSSC(C)C)C(C)C)SSSC(C)C)SSSC(C)C. The lowest BCUT2D eigenvalue weighted by atomic mass is 8.89. The zero-order valence-corrected chi connectivity index (χ0v) is 29.2. The highest BCUT2D eigenvalue weighted by Gasteiger charge is 2.29. The molecule has 0 unspecified atom stereocenters. The summed E-state index contributed by atoms with van der Waals surface area (Å²) in [6, 6.07) is 0. The van der Waals surface area contributed by atoms with Gasteiger partial charge in [-0.1, -0.05) is 113 Å². The molecule has 0 aromatic rings. The van der Waals surface area contributed by atoms with Gasteiger partial charge in [-0.3, -0.25) is 0 Å². The lowest BCUT2D eigenvalue weighted by Gasteiger charge is -2.19. The third-order valence-corrected chi connectivity index (χ3v) is 19.7. The van der Waals surface area contributed by atoms with Crippen LogP contribution >= 0.6 is 93.8 Å². The molecule has 0 rings (SSSR count). The molecule has 0 bridgehead atoms. The number of hydrogen-bond acceptors (Lipinski definition) is 9. The van der Waals surface area contributed by atoms with E-state index < -0.39 is 0 Å². The van der Waals surface area contributed by atoms with Crippen molar-refractivity contribution in [3.63, 3.8) is 0 Å². The molecule has 0 heterocycles. The molecule has 0 aliphatic heterocycles. The zero-order chi connectivity index (χ0) is 24.5. The van der Waals surface area contributed by atoms with Crippen LogP contribution in [0.4, 0.5) is 0 Å². The predicted molar refractivity (Wildman–Crippen MR) is 197 cm³/mol. The van der Waals surface area contributed by atoms with Gasteiger partial charge in [0.2, 0.25) is 0 Å². The molecule has 0 amide bonds. The maximum Gasteiger partial charge on any atom is 0.181 e. The van der Waals surface area contributed by atoms with Gasteiger partial charge in [0.1, 0.15) is 18.7 Å². The second-order valence-corrected chi connectivity index (χ2v) is 24.4. The number of hydrogen-bond donors (Lipinski definition) is 0. The van der Waals surface area contributed by atoms with Crippen LogP contribution in [-0.2, 0) is 0 Å². The van der Waals surface area contributed by atoms with Crippen LogP contribution in [0.1, 0.15) is 69.2 Å². The minimum Gasteiger partial charge on any atom is -0.155 e. The zero-order valence-electron chi connectivity index (χ0n) is 21.8. The molecular weight excluding hydrogens is 555 g/mol. The van der Waals surface area contributed by atoms with Gasteiger partial charge in [0.25, 0.3) is 0 Å². The summed E-state index contributed by atoms with van der Waals surface area (Å²) in [7, 11) is 25.4. The van der Waals surface area contributed by atoms with E-state index in [1.54, 1.807) is 0 Å². The van der Waals surface area contributed by atoms with Gasteiger partial charge < -0.3 is 0 Å². The Hall–Kier alpha value is 3.67. The Morgan fingerprint density at radius 3 is 1.47 bits per heavy atom. The first-order valence-electron chi connectivity index (χ1n) is 12.0. The second kappa shape index (κ2) is 22.6. The standard InChI is InChI=1S/C15H40B8S9/c1-11(2)16-22(28-31-25-14(7)8)20-23(29-32-26-15(9)10)19-17-18-21(12(3)4)27-30-24-13(5)6/h11-20H,1-10H3. The van der Waals surface area contributed by atoms with Gasteiger partial charge in [-0.2, -0.15) is 21.3 Å². The average Bonchev–Trinajstić information content (AvgIpc) is 2.64. The molecule has 0 saturated heterocycles. The average molecular weight is 596 g/mol. The first-order chi connectivity index (χ1) is 15.0. The van der Waals surface area contributed by atoms with Crippen molar-refractivity contribution in [2.45, 2.75) is 96.6 Å². The van der Waals surface area contributed by atoms with Crippen LogP contribution in [-0.4, -0.2) is 68.6 Å². The fourth-order valence-electron chi connectivity index (χ4n) is 2.70. The topological polar surface area (TPSA) is 0 Å². The maximum absolute atomic E-state index is 2.40. The highest BCUT2D eigenvalue weighted by molar-refractivity contribution is 9.17. The molecule has 0 radical (unpaired) electrons. The summed E-state index contributed by atoms with van der Waals surface area (Å²) in [5, 5.41) is 2.11. The van der Waals surface area contributed by atoms with E-state index in [1.807, 2.05) is 61.9 Å². The maximum atomic E-state index is 2.40. The van der Waals surface area contributed by atoms with Crippen LogP contribution in [0.5, 0.6) is 0 Å². The number of rotatable bonds is 21. The monoisotopic (exact) mass is 596 g/mol. The molecule has 0 aromatic heterocycles. The molecule has 0 aliphatic rings. The van der Waals surface area contributed by atoms with Crippen LogP contribution in [0, 0.1) is 0 Å². The van der Waals surface area contributed by atoms with Crippen LogP contribution in [0.25, 0.3) is 0 Å². The first kappa shape index (κ1) is 35.7. The van der Waals surface area contributed by atoms with E-state index in [0.29, 0.717) is 15.7 Å². The molecule has 0 aromatic carbocycles. The quantitative estimate of drug-likeness (QED) is 0.101. The van der Waals surface area contributed by atoms with Crippen molar-refractivity contribution < 1.29 is 0 Å². The van der Waals surface area contributed by atoms with E-state index in [9.17, 15) is 0 Å². The first-order valence-corrected chi connectivity index (χ1v) is 22.8. The van der Waals surface area contributed by atoms with E-state index in [4.69, 9.17) is 0 Å². The summed E-state index contributed by atoms with van der Waals surface area (Å²) in [6.07, 6.45) is 0. The Morgan fingerprint density at radius 2 is 1.03 bits per heavy atom. The molecule has 0 N–H and O–H groups in total. The molecule has 178 valence electrons. The van der Waals surface area contributed by atoms with Gasteiger partial charge in [0, 0.05) is 22.8 Å². The largest absolute Gasteiger partial charge is 0.181 e. The molecule has 17 heteroatoms. The summed E-state index contributed by atoms with van der Waals surface area (Å²) >= 11 is 0. The van der Waals surface area contributed by atoms with Crippen molar-refractivity contribution in [1.29, 1.82) is 0 Å². The lowest BCUT2D eigenvalue weighted by molar-refractivity contribution is 1.07. The predicted octanol–water partition coefficient (Wildman–Crippen LogP) is 7.01. The van der Waals surface area contributed by atoms with Gasteiger partial charge in [0.05, 0.1) is 21.2 Å². The minimum atomic E-state index is 0.698. The van der Waals surface area contributed by atoms with Gasteiger partial charge in [0.15, 0.2) is 5.88 Å². The molecule has 32 heavy (non-hydrogen) atoms. The summed E-state index contributed by atoms with van der Waals surface area (Å²) < 4.78 is 0. The van der Waals surface area contributed by atoms with Crippen molar-refractivity contribution in [3.8, 4) is 0 Å². The Morgan fingerprint density at radius 1 is 0.562 bits per heavy atom. The highest BCUT2D eigenvalue weighted by Crippen LogP contribution is 2.42. The van der Waals surface area contributed by atoms with Crippen molar-refractivity contribution in [2.24, 2.45) is 0 Å². The van der Waals surface area contributed by atoms with Crippen LogP contribution in [0.3, 0.4) is 0 Å². The van der Waals surface area contributed by atoms with Gasteiger partial charge >= 0.3 is 0 Å². The third kappa shape index (κ3) is 22.8. The normalized spacial score (nSPS) is 11.5. The Kier molecular flexibility index (Phi) is 25.2.